The van der Waals surface area contributed by atoms with Crippen molar-refractivity contribution in [3.8, 4) is 5.88 Å². The fraction of sp³-hybridized carbons (Fsp3) is 0.286. The number of aryl methyl sites for hydroxylation is 1. The molecule has 0 aliphatic carbocycles. The number of amides is 1. The zero-order valence-electron chi connectivity index (χ0n) is 11.3. The minimum Gasteiger partial charge on any atom is -0.391 e. The van der Waals surface area contributed by atoms with Gasteiger partial charge < -0.3 is 9.64 Å². The van der Waals surface area contributed by atoms with E-state index in [2.05, 4.69) is 5.10 Å². The van der Waals surface area contributed by atoms with Crippen LogP contribution in [0, 0.1) is 6.92 Å². The molecule has 2 rings (SSSR count). The van der Waals surface area contributed by atoms with Gasteiger partial charge in [-0.3, -0.25) is 0 Å². The molecule has 2 aromatic rings. The van der Waals surface area contributed by atoms with E-state index >= 15 is 0 Å². The molecule has 0 unspecified atom stereocenters. The van der Waals surface area contributed by atoms with Crippen molar-refractivity contribution in [2.45, 2.75) is 13.5 Å². The molecule has 0 saturated carbocycles. The average molecular weight is 259 g/mol. The Hall–Kier alpha value is -2.30. The van der Waals surface area contributed by atoms with Crippen LogP contribution in [0.25, 0.3) is 0 Å². The molecule has 19 heavy (non-hydrogen) atoms. The summed E-state index contributed by atoms with van der Waals surface area (Å²) in [4.78, 5) is 13.0. The van der Waals surface area contributed by atoms with Crippen LogP contribution < -0.4 is 4.74 Å². The van der Waals surface area contributed by atoms with Gasteiger partial charge in [-0.1, -0.05) is 30.3 Å². The Bertz CT molecular complexity index is 561. The van der Waals surface area contributed by atoms with Crippen LogP contribution in [0.2, 0.25) is 0 Å². The van der Waals surface area contributed by atoms with Crippen LogP contribution in [-0.4, -0.2) is 34.9 Å². The lowest BCUT2D eigenvalue weighted by molar-refractivity contribution is 0.167. The van der Waals surface area contributed by atoms with Gasteiger partial charge >= 0.3 is 6.09 Å². The number of carbonyl (C=O) groups excluding carboxylic acids is 1. The smallest absolute Gasteiger partial charge is 0.391 e. The molecule has 0 aliphatic heterocycles. The lowest BCUT2D eigenvalue weighted by Crippen LogP contribution is -2.26. The van der Waals surface area contributed by atoms with Gasteiger partial charge in [0.1, 0.15) is 0 Å². The molecule has 5 nitrogen and oxygen atoms in total. The summed E-state index contributed by atoms with van der Waals surface area (Å²) in [5.41, 5.74) is 1.92. The van der Waals surface area contributed by atoms with Gasteiger partial charge in [-0.15, -0.1) is 0 Å². The highest BCUT2D eigenvalue weighted by Crippen LogP contribution is 2.16. The summed E-state index contributed by atoms with van der Waals surface area (Å²) in [6.45, 7) is 2.44. The molecule has 0 atom stereocenters. The number of hydrogen-bond donors (Lipinski definition) is 0. The highest BCUT2D eigenvalue weighted by atomic mass is 16.6. The minimum absolute atomic E-state index is 0.408. The molecule has 0 N–H and O–H groups in total. The van der Waals surface area contributed by atoms with Crippen LogP contribution in [-0.2, 0) is 6.54 Å². The van der Waals surface area contributed by atoms with Gasteiger partial charge in [-0.2, -0.15) is 5.10 Å². The van der Waals surface area contributed by atoms with E-state index < -0.39 is 6.09 Å². The molecule has 0 aliphatic rings. The Morgan fingerprint density at radius 3 is 2.63 bits per heavy atom. The first-order valence-corrected chi connectivity index (χ1v) is 6.04. The molecule has 0 bridgehead atoms. The van der Waals surface area contributed by atoms with Gasteiger partial charge in [0.25, 0.3) is 0 Å². The van der Waals surface area contributed by atoms with E-state index in [0.717, 1.165) is 11.3 Å². The Labute approximate surface area is 112 Å². The predicted molar refractivity (Wildman–Crippen MR) is 72.2 cm³/mol. The van der Waals surface area contributed by atoms with E-state index in [1.54, 1.807) is 24.8 Å². The summed E-state index contributed by atoms with van der Waals surface area (Å²) in [5, 5.41) is 4.34. The summed E-state index contributed by atoms with van der Waals surface area (Å²) in [6.07, 6.45) is -0.408. The van der Waals surface area contributed by atoms with E-state index in [-0.39, 0.29) is 0 Å². The molecule has 1 amide bonds. The average Bonchev–Trinajstić information content (AvgIpc) is 2.70. The number of hydrogen-bond acceptors (Lipinski definition) is 3. The summed E-state index contributed by atoms with van der Waals surface area (Å²) < 4.78 is 6.97. The van der Waals surface area contributed by atoms with E-state index in [0.29, 0.717) is 12.4 Å². The molecular formula is C14H17N3O2. The second-order valence-electron chi connectivity index (χ2n) is 4.53. The van der Waals surface area contributed by atoms with Crippen LogP contribution in [0.15, 0.2) is 36.4 Å². The maximum atomic E-state index is 11.6. The first kappa shape index (κ1) is 13.1. The largest absolute Gasteiger partial charge is 0.416 e. The highest BCUT2D eigenvalue weighted by Gasteiger charge is 2.13. The van der Waals surface area contributed by atoms with E-state index in [1.165, 1.54) is 4.90 Å². The van der Waals surface area contributed by atoms with Crippen molar-refractivity contribution in [1.29, 1.82) is 0 Å². The number of carbonyl (C=O) groups is 1. The Balaban J connectivity index is 2.19. The first-order valence-electron chi connectivity index (χ1n) is 6.04. The van der Waals surface area contributed by atoms with Gasteiger partial charge in [0.05, 0.1) is 12.2 Å². The maximum absolute atomic E-state index is 11.6. The van der Waals surface area contributed by atoms with Crippen molar-refractivity contribution < 1.29 is 9.53 Å². The van der Waals surface area contributed by atoms with Crippen LogP contribution in [0.5, 0.6) is 5.88 Å². The van der Waals surface area contributed by atoms with Crippen molar-refractivity contribution in [3.05, 3.63) is 47.7 Å². The van der Waals surface area contributed by atoms with Crippen LogP contribution in [0.1, 0.15) is 11.3 Å². The Morgan fingerprint density at radius 1 is 1.32 bits per heavy atom. The van der Waals surface area contributed by atoms with Crippen molar-refractivity contribution in [2.24, 2.45) is 0 Å². The van der Waals surface area contributed by atoms with E-state index in [1.807, 2.05) is 37.3 Å². The molecule has 1 aromatic carbocycles. The maximum Gasteiger partial charge on any atom is 0.416 e. The fourth-order valence-electron chi connectivity index (χ4n) is 1.65. The van der Waals surface area contributed by atoms with Crippen molar-refractivity contribution >= 4 is 6.09 Å². The second kappa shape index (κ2) is 5.56. The third kappa shape index (κ3) is 3.34. The summed E-state index contributed by atoms with van der Waals surface area (Å²) in [7, 11) is 3.29. The van der Waals surface area contributed by atoms with Crippen molar-refractivity contribution in [3.63, 3.8) is 0 Å². The molecule has 0 fully saturated rings. The number of rotatable bonds is 3. The van der Waals surface area contributed by atoms with Gasteiger partial charge in [-0.25, -0.2) is 9.48 Å². The normalized spacial score (nSPS) is 10.3. The van der Waals surface area contributed by atoms with E-state index in [9.17, 15) is 4.79 Å². The summed E-state index contributed by atoms with van der Waals surface area (Å²) in [5.74, 6) is 0.458. The van der Waals surface area contributed by atoms with Gasteiger partial charge in [-0.05, 0) is 12.5 Å². The Morgan fingerprint density at radius 2 is 2.00 bits per heavy atom. The van der Waals surface area contributed by atoms with Gasteiger partial charge in [0.2, 0.25) is 5.88 Å². The standard InChI is InChI=1S/C14H17N3O2/c1-11-9-13(19-14(18)16(2)3)17(15-11)10-12-7-5-4-6-8-12/h4-9H,10H2,1-3H3. The summed E-state index contributed by atoms with van der Waals surface area (Å²) >= 11 is 0. The molecule has 0 radical (unpaired) electrons. The molecule has 100 valence electrons. The predicted octanol–water partition coefficient (Wildman–Crippen LogP) is 2.30. The first-order chi connectivity index (χ1) is 9.06. The highest BCUT2D eigenvalue weighted by molar-refractivity contribution is 5.69. The topological polar surface area (TPSA) is 47.4 Å². The molecule has 0 saturated heterocycles. The number of aromatic nitrogens is 2. The number of benzene rings is 1. The third-order valence-corrected chi connectivity index (χ3v) is 2.60. The molecule has 1 aromatic heterocycles. The van der Waals surface area contributed by atoms with Crippen LogP contribution >= 0.6 is 0 Å². The zero-order chi connectivity index (χ0) is 13.8. The van der Waals surface area contributed by atoms with Crippen molar-refractivity contribution in [1.82, 2.24) is 14.7 Å². The summed E-state index contributed by atoms with van der Waals surface area (Å²) in [6, 6.07) is 11.7. The third-order valence-electron chi connectivity index (χ3n) is 2.60. The number of nitrogens with zero attached hydrogens (tertiary/aromatic N) is 3. The number of ether oxygens (including phenoxy) is 1. The van der Waals surface area contributed by atoms with Gasteiger partial charge in [0, 0.05) is 20.2 Å². The monoisotopic (exact) mass is 259 g/mol. The molecule has 5 heteroatoms. The zero-order valence-corrected chi connectivity index (χ0v) is 11.3. The quantitative estimate of drug-likeness (QED) is 0.849. The van der Waals surface area contributed by atoms with Crippen LogP contribution in [0.4, 0.5) is 4.79 Å². The van der Waals surface area contributed by atoms with Crippen molar-refractivity contribution in [2.75, 3.05) is 14.1 Å². The lowest BCUT2D eigenvalue weighted by Gasteiger charge is -2.12. The van der Waals surface area contributed by atoms with Crippen LogP contribution in [0.3, 0.4) is 0 Å². The second-order valence-corrected chi connectivity index (χ2v) is 4.53. The molecule has 0 spiro atoms. The lowest BCUT2D eigenvalue weighted by atomic mass is 10.2. The van der Waals surface area contributed by atoms with Gasteiger partial charge in [0.15, 0.2) is 0 Å². The fourth-order valence-corrected chi connectivity index (χ4v) is 1.65. The SMILES string of the molecule is Cc1cc(OC(=O)N(C)C)n(Cc2ccccc2)n1. The minimum atomic E-state index is -0.408. The Kier molecular flexibility index (Phi) is 3.85. The molecule has 1 heterocycles. The molecular weight excluding hydrogens is 242 g/mol. The van der Waals surface area contributed by atoms with E-state index in [4.69, 9.17) is 4.74 Å².